The molecule has 0 saturated carbocycles. The Balaban J connectivity index is 2.33. The maximum absolute atomic E-state index is 5.33. The van der Waals surface area contributed by atoms with Crippen LogP contribution >= 0.6 is 11.3 Å². The smallest absolute Gasteiger partial charge is 0.159 e. The van der Waals surface area contributed by atoms with Crippen LogP contribution in [-0.2, 0) is 0 Å². The van der Waals surface area contributed by atoms with Crippen molar-refractivity contribution in [3.05, 3.63) is 42.0 Å². The molecule has 4 heteroatoms. The average Bonchev–Trinajstić information content (AvgIpc) is 2.82. The summed E-state index contributed by atoms with van der Waals surface area (Å²) in [5, 5.41) is 4.17. The molecule has 2 heterocycles. The molecule has 0 N–H and O–H groups in total. The summed E-state index contributed by atoms with van der Waals surface area (Å²) in [7, 11) is 1.65. The van der Waals surface area contributed by atoms with Gasteiger partial charge in [0.25, 0.3) is 0 Å². The van der Waals surface area contributed by atoms with Gasteiger partial charge in [0.1, 0.15) is 5.75 Å². The van der Waals surface area contributed by atoms with E-state index in [9.17, 15) is 0 Å². The van der Waals surface area contributed by atoms with E-state index in [4.69, 9.17) is 4.74 Å². The molecule has 2 aromatic heterocycles. The minimum Gasteiger partial charge on any atom is -0.495 e. The molecule has 0 aliphatic carbocycles. The zero-order valence-electron chi connectivity index (χ0n) is 9.18. The van der Waals surface area contributed by atoms with E-state index in [1.807, 2.05) is 18.2 Å². The molecule has 1 aromatic carbocycles. The monoisotopic (exact) mass is 241 g/mol. The number of benzene rings is 1. The Morgan fingerprint density at radius 3 is 2.76 bits per heavy atom. The van der Waals surface area contributed by atoms with Crippen molar-refractivity contribution in [1.29, 1.82) is 0 Å². The Morgan fingerprint density at radius 2 is 2.00 bits per heavy atom. The number of fused-ring (bicyclic) bond motifs is 1. The van der Waals surface area contributed by atoms with Gasteiger partial charge in [0.2, 0.25) is 0 Å². The highest BCUT2D eigenvalue weighted by Gasteiger charge is 2.12. The van der Waals surface area contributed by atoms with Crippen molar-refractivity contribution >= 4 is 21.4 Å². The Morgan fingerprint density at radius 1 is 1.18 bits per heavy atom. The summed E-state index contributed by atoms with van der Waals surface area (Å²) in [6.07, 6.45) is 3.48. The van der Waals surface area contributed by atoms with Crippen molar-refractivity contribution < 1.29 is 4.74 Å². The zero-order chi connectivity index (χ0) is 11.7. The number of aromatic nitrogens is 2. The predicted molar refractivity (Wildman–Crippen MR) is 68.2 cm³/mol. The highest BCUT2D eigenvalue weighted by Crippen LogP contribution is 2.37. The van der Waals surface area contributed by atoms with Crippen LogP contribution < -0.4 is 4.74 Å². The van der Waals surface area contributed by atoms with Crippen LogP contribution in [0, 0.1) is 5.38 Å². The first-order valence-corrected chi connectivity index (χ1v) is 5.96. The molecule has 0 atom stereocenters. The molecule has 3 aromatic rings. The van der Waals surface area contributed by atoms with E-state index >= 15 is 0 Å². The van der Waals surface area contributed by atoms with Crippen LogP contribution in [0.25, 0.3) is 21.5 Å². The highest BCUT2D eigenvalue weighted by atomic mass is 32.1. The number of ether oxygens (including phenoxy) is 1. The molecule has 0 amide bonds. The van der Waals surface area contributed by atoms with Gasteiger partial charge in [-0.05, 0) is 12.1 Å². The van der Waals surface area contributed by atoms with Gasteiger partial charge in [-0.15, -0.1) is 11.3 Å². The van der Waals surface area contributed by atoms with Crippen LogP contribution in [0.15, 0.2) is 36.7 Å². The molecule has 0 spiro atoms. The van der Waals surface area contributed by atoms with Crippen molar-refractivity contribution in [2.45, 2.75) is 0 Å². The highest BCUT2D eigenvalue weighted by molar-refractivity contribution is 7.17. The van der Waals surface area contributed by atoms with E-state index in [0.717, 1.165) is 21.4 Å². The Kier molecular flexibility index (Phi) is 2.49. The van der Waals surface area contributed by atoms with E-state index in [2.05, 4.69) is 15.3 Å². The third-order valence-corrected chi connectivity index (χ3v) is 3.37. The fourth-order valence-electron chi connectivity index (χ4n) is 1.77. The topological polar surface area (TPSA) is 35.0 Å². The summed E-state index contributed by atoms with van der Waals surface area (Å²) in [5.41, 5.74) is 0.984. The second kappa shape index (κ2) is 4.14. The SMILES string of the molecule is COc1[c]sc2cccc(-c3ncccn3)c12. The number of methoxy groups -OCH3 is 1. The van der Waals surface area contributed by atoms with E-state index in [1.165, 1.54) is 0 Å². The number of thiophene rings is 1. The first kappa shape index (κ1) is 10.2. The maximum Gasteiger partial charge on any atom is 0.159 e. The normalized spacial score (nSPS) is 10.6. The summed E-state index contributed by atoms with van der Waals surface area (Å²) in [4.78, 5) is 8.56. The fourth-order valence-corrected chi connectivity index (χ4v) is 2.61. The van der Waals surface area contributed by atoms with Crippen molar-refractivity contribution in [3.8, 4) is 17.1 Å². The summed E-state index contributed by atoms with van der Waals surface area (Å²) in [6, 6.07) is 7.85. The molecule has 0 bridgehead atoms. The van der Waals surface area contributed by atoms with E-state index in [0.29, 0.717) is 5.82 Å². The third kappa shape index (κ3) is 1.66. The van der Waals surface area contributed by atoms with Crippen LogP contribution in [0.3, 0.4) is 0 Å². The summed E-state index contributed by atoms with van der Waals surface area (Å²) >= 11 is 1.54. The van der Waals surface area contributed by atoms with Gasteiger partial charge in [-0.25, -0.2) is 9.97 Å². The van der Waals surface area contributed by atoms with E-state index < -0.39 is 0 Å². The van der Waals surface area contributed by atoms with Gasteiger partial charge in [-0.2, -0.15) is 0 Å². The van der Waals surface area contributed by atoms with Crippen molar-refractivity contribution in [1.82, 2.24) is 9.97 Å². The summed E-state index contributed by atoms with van der Waals surface area (Å²) in [5.74, 6) is 1.47. The van der Waals surface area contributed by atoms with Crippen molar-refractivity contribution in [2.75, 3.05) is 7.11 Å². The lowest BCUT2D eigenvalue weighted by molar-refractivity contribution is 0.420. The van der Waals surface area contributed by atoms with Gasteiger partial charge in [-0.3, -0.25) is 0 Å². The Bertz CT molecular complexity index is 649. The largest absolute Gasteiger partial charge is 0.495 e. The molecule has 3 nitrogen and oxygen atoms in total. The summed E-state index contributed by atoms with van der Waals surface area (Å²) in [6.45, 7) is 0. The molecule has 83 valence electrons. The molecule has 0 aliphatic rings. The van der Waals surface area contributed by atoms with Crippen molar-refractivity contribution in [3.63, 3.8) is 0 Å². The molecular formula is C13H9N2OS. The molecule has 0 saturated heterocycles. The molecule has 0 fully saturated rings. The third-order valence-electron chi connectivity index (χ3n) is 2.52. The molecule has 0 unspecified atom stereocenters. The van der Waals surface area contributed by atoms with Gasteiger partial charge in [0.05, 0.1) is 12.5 Å². The number of hydrogen-bond acceptors (Lipinski definition) is 4. The van der Waals surface area contributed by atoms with Crippen LogP contribution in [-0.4, -0.2) is 17.1 Å². The lowest BCUT2D eigenvalue weighted by atomic mass is 10.1. The second-order valence-corrected chi connectivity index (χ2v) is 4.34. The number of rotatable bonds is 2. The standard InChI is InChI=1S/C13H9N2OS/c1-16-10-8-17-11-5-2-4-9(12(10)11)13-14-6-3-7-15-13/h2-7H,1H3. The number of nitrogens with zero attached hydrogens (tertiary/aromatic N) is 2. The first-order chi connectivity index (χ1) is 8.40. The van der Waals surface area contributed by atoms with Gasteiger partial charge < -0.3 is 4.74 Å². The summed E-state index contributed by atoms with van der Waals surface area (Å²) < 4.78 is 6.46. The zero-order valence-corrected chi connectivity index (χ0v) is 9.99. The molecule has 17 heavy (non-hydrogen) atoms. The minimum atomic E-state index is 0.711. The lowest BCUT2D eigenvalue weighted by Gasteiger charge is -2.03. The molecule has 1 radical (unpaired) electrons. The van der Waals surface area contributed by atoms with Crippen LogP contribution in [0.4, 0.5) is 0 Å². The maximum atomic E-state index is 5.33. The Labute approximate surface area is 103 Å². The predicted octanol–water partition coefficient (Wildman–Crippen LogP) is 3.17. The second-order valence-electron chi connectivity index (χ2n) is 3.49. The van der Waals surface area contributed by atoms with Gasteiger partial charge in [-0.1, -0.05) is 12.1 Å². The molecule has 0 aliphatic heterocycles. The van der Waals surface area contributed by atoms with Gasteiger partial charge >= 0.3 is 0 Å². The quantitative estimate of drug-likeness (QED) is 0.691. The minimum absolute atomic E-state index is 0.711. The van der Waals surface area contributed by atoms with Gasteiger partial charge in [0.15, 0.2) is 5.82 Å². The fraction of sp³-hybridized carbons (Fsp3) is 0.0769. The first-order valence-electron chi connectivity index (χ1n) is 5.14. The van der Waals surface area contributed by atoms with Crippen molar-refractivity contribution in [2.24, 2.45) is 0 Å². The van der Waals surface area contributed by atoms with E-state index in [-0.39, 0.29) is 0 Å². The Hall–Kier alpha value is -1.94. The van der Waals surface area contributed by atoms with Crippen LogP contribution in [0.1, 0.15) is 0 Å². The van der Waals surface area contributed by atoms with Crippen LogP contribution in [0.5, 0.6) is 5.75 Å². The molecular weight excluding hydrogens is 232 g/mol. The lowest BCUT2D eigenvalue weighted by Crippen LogP contribution is -1.88. The van der Waals surface area contributed by atoms with Crippen LogP contribution in [0.2, 0.25) is 0 Å². The average molecular weight is 241 g/mol. The molecule has 3 rings (SSSR count). The van der Waals surface area contributed by atoms with Gasteiger partial charge in [0, 0.05) is 28.0 Å². The van der Waals surface area contributed by atoms with E-state index in [1.54, 1.807) is 36.9 Å². The number of hydrogen-bond donors (Lipinski definition) is 0.